The molecule has 1 aromatic carbocycles. The molecule has 0 spiro atoms. The van der Waals surface area contributed by atoms with Gasteiger partial charge in [-0.3, -0.25) is 9.59 Å². The summed E-state index contributed by atoms with van der Waals surface area (Å²) in [6.07, 6.45) is 2.19. The maximum absolute atomic E-state index is 13.1. The van der Waals surface area contributed by atoms with Crippen molar-refractivity contribution in [1.82, 2.24) is 20.3 Å². The molecule has 8 nitrogen and oxygen atoms in total. The van der Waals surface area contributed by atoms with Gasteiger partial charge in [0.25, 0.3) is 5.91 Å². The van der Waals surface area contributed by atoms with Gasteiger partial charge >= 0.3 is 0 Å². The van der Waals surface area contributed by atoms with E-state index >= 15 is 0 Å². The Hall–Kier alpha value is -2.87. The van der Waals surface area contributed by atoms with E-state index in [1.807, 2.05) is 38.1 Å². The molecule has 1 saturated heterocycles. The number of amides is 2. The molecule has 0 bridgehead atoms. The number of carbonyl (C=O) groups excluding carboxylic acids is 2. The van der Waals surface area contributed by atoms with E-state index in [9.17, 15) is 9.59 Å². The minimum Gasteiger partial charge on any atom is -0.497 e. The number of hydrogen-bond acceptors (Lipinski definition) is 6. The Kier molecular flexibility index (Phi) is 8.27. The molecule has 1 fully saturated rings. The monoisotopic (exact) mass is 442 g/mol. The standard InChI is InChI=1S/C24H34N4O4/c1-17(2)16-28(13-10-23(29)25-19-8-11-27(3)12-9-19)24(30)21-15-22(32-26-21)18-6-5-7-20(14-18)31-4/h5-7,14-15,17,19H,8-13,16H2,1-4H3,(H,25,29). The summed E-state index contributed by atoms with van der Waals surface area (Å²) in [5, 5.41) is 7.11. The van der Waals surface area contributed by atoms with Crippen molar-refractivity contribution in [2.45, 2.75) is 39.2 Å². The molecule has 174 valence electrons. The van der Waals surface area contributed by atoms with Gasteiger partial charge in [0.1, 0.15) is 5.75 Å². The second kappa shape index (κ2) is 11.1. The molecule has 1 aliphatic rings. The number of likely N-dealkylation sites (tertiary alicyclic amines) is 1. The van der Waals surface area contributed by atoms with Crippen LogP contribution in [0.2, 0.25) is 0 Å². The molecule has 1 aliphatic heterocycles. The van der Waals surface area contributed by atoms with Gasteiger partial charge in [-0.25, -0.2) is 0 Å². The third kappa shape index (κ3) is 6.56. The first-order valence-electron chi connectivity index (χ1n) is 11.2. The summed E-state index contributed by atoms with van der Waals surface area (Å²) in [5.74, 6) is 1.21. The fourth-order valence-corrected chi connectivity index (χ4v) is 3.86. The van der Waals surface area contributed by atoms with E-state index in [-0.39, 0.29) is 35.9 Å². The van der Waals surface area contributed by atoms with Crippen LogP contribution in [0.1, 0.15) is 43.6 Å². The predicted octanol–water partition coefficient (Wildman–Crippen LogP) is 3.05. The molecule has 2 amide bonds. The molecule has 0 radical (unpaired) electrons. The van der Waals surface area contributed by atoms with Crippen LogP contribution in [0.4, 0.5) is 0 Å². The summed E-state index contributed by atoms with van der Waals surface area (Å²) < 4.78 is 10.7. The van der Waals surface area contributed by atoms with E-state index in [4.69, 9.17) is 9.26 Å². The number of rotatable bonds is 9. The molecule has 0 unspecified atom stereocenters. The highest BCUT2D eigenvalue weighted by molar-refractivity contribution is 5.93. The Labute approximate surface area is 189 Å². The van der Waals surface area contributed by atoms with Crippen LogP contribution in [-0.4, -0.2) is 73.1 Å². The van der Waals surface area contributed by atoms with E-state index in [0.717, 1.165) is 31.5 Å². The van der Waals surface area contributed by atoms with Gasteiger partial charge in [-0.05, 0) is 51.0 Å². The van der Waals surface area contributed by atoms with Crippen molar-refractivity contribution < 1.29 is 18.8 Å². The topological polar surface area (TPSA) is 87.9 Å². The number of benzene rings is 1. The van der Waals surface area contributed by atoms with Crippen LogP contribution in [0.3, 0.4) is 0 Å². The van der Waals surface area contributed by atoms with E-state index in [1.165, 1.54) is 0 Å². The number of nitrogens with zero attached hydrogens (tertiary/aromatic N) is 3. The first kappa shape index (κ1) is 23.8. The van der Waals surface area contributed by atoms with Gasteiger partial charge < -0.3 is 24.4 Å². The molecule has 0 aliphatic carbocycles. The van der Waals surface area contributed by atoms with Crippen LogP contribution in [0, 0.1) is 5.92 Å². The quantitative estimate of drug-likeness (QED) is 0.642. The first-order valence-corrected chi connectivity index (χ1v) is 11.2. The summed E-state index contributed by atoms with van der Waals surface area (Å²) in [6.45, 7) is 6.96. The number of carbonyl (C=O) groups is 2. The second-order valence-electron chi connectivity index (χ2n) is 8.85. The molecule has 2 aromatic rings. The van der Waals surface area contributed by atoms with Crippen molar-refractivity contribution in [3.63, 3.8) is 0 Å². The smallest absolute Gasteiger partial charge is 0.276 e. The zero-order valence-corrected chi connectivity index (χ0v) is 19.5. The van der Waals surface area contributed by atoms with Gasteiger partial charge in [0.2, 0.25) is 5.91 Å². The van der Waals surface area contributed by atoms with E-state index < -0.39 is 0 Å². The van der Waals surface area contributed by atoms with Crippen molar-refractivity contribution >= 4 is 11.8 Å². The zero-order valence-electron chi connectivity index (χ0n) is 19.5. The van der Waals surface area contributed by atoms with Crippen molar-refractivity contribution in [1.29, 1.82) is 0 Å². The number of piperidine rings is 1. The number of aromatic nitrogens is 1. The fraction of sp³-hybridized carbons (Fsp3) is 0.542. The normalized spacial score (nSPS) is 15.0. The van der Waals surface area contributed by atoms with Crippen molar-refractivity contribution in [2.75, 3.05) is 40.3 Å². The minimum atomic E-state index is -0.233. The van der Waals surface area contributed by atoms with Crippen molar-refractivity contribution in [2.24, 2.45) is 5.92 Å². The number of nitrogens with one attached hydrogen (secondary N) is 1. The lowest BCUT2D eigenvalue weighted by Gasteiger charge is -2.30. The van der Waals surface area contributed by atoms with Crippen LogP contribution in [0.25, 0.3) is 11.3 Å². The minimum absolute atomic E-state index is 0.0154. The lowest BCUT2D eigenvalue weighted by molar-refractivity contribution is -0.122. The molecule has 0 atom stereocenters. The highest BCUT2D eigenvalue weighted by Crippen LogP contribution is 2.25. The summed E-state index contributed by atoms with van der Waals surface area (Å²) >= 11 is 0. The number of methoxy groups -OCH3 is 1. The van der Waals surface area contributed by atoms with Gasteiger partial charge in [-0.2, -0.15) is 0 Å². The van der Waals surface area contributed by atoms with Crippen LogP contribution in [0.15, 0.2) is 34.9 Å². The zero-order chi connectivity index (χ0) is 23.1. The Balaban J connectivity index is 1.62. The average molecular weight is 443 g/mol. The highest BCUT2D eigenvalue weighted by Gasteiger charge is 2.23. The third-order valence-electron chi connectivity index (χ3n) is 5.65. The summed E-state index contributed by atoms with van der Waals surface area (Å²) in [6, 6.07) is 9.25. The van der Waals surface area contributed by atoms with Crippen LogP contribution < -0.4 is 10.1 Å². The second-order valence-corrected chi connectivity index (χ2v) is 8.85. The molecule has 32 heavy (non-hydrogen) atoms. The molecular weight excluding hydrogens is 408 g/mol. The first-order chi connectivity index (χ1) is 15.4. The Morgan fingerprint density at radius 1 is 1.28 bits per heavy atom. The Morgan fingerprint density at radius 2 is 2.03 bits per heavy atom. The Morgan fingerprint density at radius 3 is 2.72 bits per heavy atom. The maximum Gasteiger partial charge on any atom is 0.276 e. The van der Waals surface area contributed by atoms with Gasteiger partial charge in [0, 0.05) is 37.2 Å². The summed E-state index contributed by atoms with van der Waals surface area (Å²) in [7, 11) is 3.69. The molecule has 1 N–H and O–H groups in total. The lowest BCUT2D eigenvalue weighted by atomic mass is 10.1. The molecule has 0 saturated carbocycles. The van der Waals surface area contributed by atoms with E-state index in [2.05, 4.69) is 22.4 Å². The molecule has 2 heterocycles. The van der Waals surface area contributed by atoms with Gasteiger partial charge in [-0.1, -0.05) is 31.1 Å². The number of hydrogen-bond donors (Lipinski definition) is 1. The maximum atomic E-state index is 13.1. The SMILES string of the molecule is COc1cccc(-c2cc(C(=O)N(CCC(=O)NC3CCN(C)CC3)CC(C)C)no2)c1. The van der Waals surface area contributed by atoms with Crippen molar-refractivity contribution in [3.05, 3.63) is 36.0 Å². The average Bonchev–Trinajstić information content (AvgIpc) is 3.28. The van der Waals surface area contributed by atoms with Crippen LogP contribution in [-0.2, 0) is 4.79 Å². The summed E-state index contributed by atoms with van der Waals surface area (Å²) in [4.78, 5) is 29.6. The number of ether oxygens (including phenoxy) is 1. The van der Waals surface area contributed by atoms with E-state index in [0.29, 0.717) is 24.6 Å². The largest absolute Gasteiger partial charge is 0.497 e. The predicted molar refractivity (Wildman–Crippen MR) is 123 cm³/mol. The van der Waals surface area contributed by atoms with Gasteiger partial charge in [-0.15, -0.1) is 0 Å². The molecular formula is C24H34N4O4. The fourth-order valence-electron chi connectivity index (χ4n) is 3.86. The molecule has 8 heteroatoms. The van der Waals surface area contributed by atoms with Gasteiger partial charge in [0.15, 0.2) is 11.5 Å². The van der Waals surface area contributed by atoms with Gasteiger partial charge in [0.05, 0.1) is 7.11 Å². The molecule has 1 aromatic heterocycles. The third-order valence-corrected chi connectivity index (χ3v) is 5.65. The van der Waals surface area contributed by atoms with Crippen molar-refractivity contribution in [3.8, 4) is 17.1 Å². The lowest BCUT2D eigenvalue weighted by Crippen LogP contribution is -2.44. The summed E-state index contributed by atoms with van der Waals surface area (Å²) in [5.41, 5.74) is 1.02. The van der Waals surface area contributed by atoms with E-state index in [1.54, 1.807) is 18.1 Å². The molecule has 3 rings (SSSR count). The Bertz CT molecular complexity index is 903. The van der Waals surface area contributed by atoms with Crippen LogP contribution in [0.5, 0.6) is 5.75 Å². The highest BCUT2D eigenvalue weighted by atomic mass is 16.5. The van der Waals surface area contributed by atoms with Crippen LogP contribution >= 0.6 is 0 Å².